The normalized spacial score (nSPS) is 19.2. The quantitative estimate of drug-likeness (QED) is 0.398. The van der Waals surface area contributed by atoms with Crippen molar-refractivity contribution in [2.24, 2.45) is 11.8 Å². The van der Waals surface area contributed by atoms with Crippen LogP contribution in [0.2, 0.25) is 0 Å². The molecule has 1 aliphatic rings. The Morgan fingerprint density at radius 2 is 1.76 bits per heavy atom. The molecule has 0 unspecified atom stereocenters. The number of unbranched alkanes of at least 4 members (excludes halogenated alkanes) is 1. The van der Waals surface area contributed by atoms with Gasteiger partial charge < -0.3 is 9.47 Å². The first-order chi connectivity index (χ1) is 14.2. The van der Waals surface area contributed by atoms with Crippen LogP contribution in [0.5, 0.6) is 11.5 Å². The van der Waals surface area contributed by atoms with E-state index in [1.807, 2.05) is 42.5 Å². The van der Waals surface area contributed by atoms with E-state index >= 15 is 0 Å². The molecule has 29 heavy (non-hydrogen) atoms. The van der Waals surface area contributed by atoms with Crippen LogP contribution in [0.25, 0.3) is 12.2 Å². The summed E-state index contributed by atoms with van der Waals surface area (Å²) in [6.45, 7) is 2.23. The van der Waals surface area contributed by atoms with Crippen molar-refractivity contribution in [1.82, 2.24) is 4.98 Å². The van der Waals surface area contributed by atoms with E-state index in [2.05, 4.69) is 11.9 Å². The maximum Gasteiger partial charge on any atom is 0.314 e. The first-order valence-electron chi connectivity index (χ1n) is 10.7. The summed E-state index contributed by atoms with van der Waals surface area (Å²) >= 11 is 0. The van der Waals surface area contributed by atoms with Gasteiger partial charge in [0.25, 0.3) is 0 Å². The number of methoxy groups -OCH3 is 1. The molecule has 3 rings (SSSR count). The van der Waals surface area contributed by atoms with Crippen molar-refractivity contribution in [3.05, 3.63) is 53.9 Å². The lowest BCUT2D eigenvalue weighted by Gasteiger charge is -2.27. The fourth-order valence-corrected chi connectivity index (χ4v) is 3.91. The zero-order chi connectivity index (χ0) is 20.5. The zero-order valence-corrected chi connectivity index (χ0v) is 17.5. The molecule has 1 aromatic heterocycles. The third-order valence-corrected chi connectivity index (χ3v) is 5.72. The van der Waals surface area contributed by atoms with E-state index in [9.17, 15) is 4.79 Å². The van der Waals surface area contributed by atoms with Gasteiger partial charge in [-0.2, -0.15) is 0 Å². The van der Waals surface area contributed by atoms with Crippen molar-refractivity contribution in [2.75, 3.05) is 7.11 Å². The fourth-order valence-electron chi connectivity index (χ4n) is 3.91. The number of rotatable bonds is 8. The lowest BCUT2D eigenvalue weighted by molar-refractivity contribution is -0.140. The number of esters is 1. The van der Waals surface area contributed by atoms with Gasteiger partial charge in [0.2, 0.25) is 0 Å². The second-order valence-corrected chi connectivity index (χ2v) is 7.81. The standard InChI is InChI=1S/C25H31NO3/c1-3-4-5-19-8-11-22(12-9-19)25(27)29-23-13-10-21(18-24(23)28-2)7-6-20-14-16-26-17-15-20/h6-7,10,13-19,22H,3-5,8-9,11-12H2,1-2H3/b7-6+. The molecule has 4 nitrogen and oxygen atoms in total. The first-order valence-corrected chi connectivity index (χ1v) is 10.7. The molecule has 0 saturated heterocycles. The van der Waals surface area contributed by atoms with Gasteiger partial charge in [0.05, 0.1) is 13.0 Å². The molecule has 0 spiro atoms. The van der Waals surface area contributed by atoms with Crippen LogP contribution in [0.3, 0.4) is 0 Å². The summed E-state index contributed by atoms with van der Waals surface area (Å²) in [7, 11) is 1.60. The molecule has 4 heteroatoms. The molecule has 1 heterocycles. The van der Waals surface area contributed by atoms with Gasteiger partial charge in [0.15, 0.2) is 11.5 Å². The number of carbonyl (C=O) groups excluding carboxylic acids is 1. The number of hydrogen-bond donors (Lipinski definition) is 0. The number of carbonyl (C=O) groups is 1. The molecule has 1 fully saturated rings. The molecule has 0 bridgehead atoms. The number of hydrogen-bond acceptors (Lipinski definition) is 4. The van der Waals surface area contributed by atoms with Gasteiger partial charge in [-0.05, 0) is 67.0 Å². The maximum atomic E-state index is 12.7. The third-order valence-electron chi connectivity index (χ3n) is 5.72. The van der Waals surface area contributed by atoms with Crippen molar-refractivity contribution in [3.8, 4) is 11.5 Å². The van der Waals surface area contributed by atoms with Crippen LogP contribution >= 0.6 is 0 Å². The van der Waals surface area contributed by atoms with Crippen molar-refractivity contribution in [3.63, 3.8) is 0 Å². The van der Waals surface area contributed by atoms with Crippen LogP contribution in [0.1, 0.15) is 63.0 Å². The summed E-state index contributed by atoms with van der Waals surface area (Å²) < 4.78 is 11.2. The summed E-state index contributed by atoms with van der Waals surface area (Å²) in [4.78, 5) is 16.7. The minimum Gasteiger partial charge on any atom is -0.493 e. The third kappa shape index (κ3) is 6.18. The Morgan fingerprint density at radius 1 is 1.03 bits per heavy atom. The molecule has 2 aromatic rings. The molecular weight excluding hydrogens is 362 g/mol. The Labute approximate surface area is 174 Å². The minimum atomic E-state index is -0.127. The molecule has 154 valence electrons. The molecule has 0 N–H and O–H groups in total. The maximum absolute atomic E-state index is 12.7. The van der Waals surface area contributed by atoms with E-state index in [4.69, 9.17) is 9.47 Å². The Balaban J connectivity index is 1.59. The van der Waals surface area contributed by atoms with E-state index in [0.717, 1.165) is 42.7 Å². The van der Waals surface area contributed by atoms with E-state index in [1.54, 1.807) is 19.5 Å². The van der Waals surface area contributed by atoms with Crippen LogP contribution in [0.4, 0.5) is 0 Å². The van der Waals surface area contributed by atoms with Crippen molar-refractivity contribution in [1.29, 1.82) is 0 Å². The van der Waals surface area contributed by atoms with Crippen LogP contribution in [-0.4, -0.2) is 18.1 Å². The highest BCUT2D eigenvalue weighted by Gasteiger charge is 2.28. The number of nitrogens with zero attached hydrogens (tertiary/aromatic N) is 1. The molecule has 1 saturated carbocycles. The van der Waals surface area contributed by atoms with Crippen LogP contribution in [0.15, 0.2) is 42.7 Å². The van der Waals surface area contributed by atoms with Gasteiger partial charge in [0, 0.05) is 12.4 Å². The van der Waals surface area contributed by atoms with E-state index in [1.165, 1.54) is 19.3 Å². The van der Waals surface area contributed by atoms with Crippen LogP contribution < -0.4 is 9.47 Å². The Kier molecular flexibility index (Phi) is 7.85. The molecular formula is C25H31NO3. The SMILES string of the molecule is CCCCC1CCC(C(=O)Oc2ccc(/C=C/c3ccncc3)cc2OC)CC1. The van der Waals surface area contributed by atoms with Gasteiger partial charge in [-0.15, -0.1) is 0 Å². The average Bonchev–Trinajstić information content (AvgIpc) is 2.78. The second kappa shape index (κ2) is 10.8. The zero-order valence-electron chi connectivity index (χ0n) is 17.5. The monoisotopic (exact) mass is 393 g/mol. The summed E-state index contributed by atoms with van der Waals surface area (Å²) in [5, 5.41) is 0. The summed E-state index contributed by atoms with van der Waals surface area (Å²) in [6, 6.07) is 9.53. The highest BCUT2D eigenvalue weighted by Crippen LogP contribution is 2.34. The highest BCUT2D eigenvalue weighted by atomic mass is 16.6. The van der Waals surface area contributed by atoms with Gasteiger partial charge in [-0.3, -0.25) is 9.78 Å². The molecule has 0 aliphatic heterocycles. The number of benzene rings is 1. The van der Waals surface area contributed by atoms with Crippen LogP contribution in [-0.2, 0) is 4.79 Å². The largest absolute Gasteiger partial charge is 0.493 e. The first kappa shape index (κ1) is 21.1. The Hall–Kier alpha value is -2.62. The number of pyridine rings is 1. The molecule has 0 atom stereocenters. The van der Waals surface area contributed by atoms with E-state index in [-0.39, 0.29) is 11.9 Å². The lowest BCUT2D eigenvalue weighted by atomic mass is 9.80. The van der Waals surface area contributed by atoms with Crippen LogP contribution in [0, 0.1) is 11.8 Å². The van der Waals surface area contributed by atoms with Gasteiger partial charge in [-0.25, -0.2) is 0 Å². The number of aromatic nitrogens is 1. The number of ether oxygens (including phenoxy) is 2. The smallest absolute Gasteiger partial charge is 0.314 e. The van der Waals surface area contributed by atoms with E-state index < -0.39 is 0 Å². The fraction of sp³-hybridized carbons (Fsp3) is 0.440. The molecule has 1 aliphatic carbocycles. The van der Waals surface area contributed by atoms with Gasteiger partial charge in [-0.1, -0.05) is 44.4 Å². The Morgan fingerprint density at radius 3 is 2.45 bits per heavy atom. The summed E-state index contributed by atoms with van der Waals surface area (Å²) in [6.07, 6.45) is 15.5. The lowest BCUT2D eigenvalue weighted by Crippen LogP contribution is -2.25. The topological polar surface area (TPSA) is 48.4 Å². The Bertz CT molecular complexity index is 808. The molecule has 0 amide bonds. The molecule has 0 radical (unpaired) electrons. The minimum absolute atomic E-state index is 0.00356. The second-order valence-electron chi connectivity index (χ2n) is 7.81. The van der Waals surface area contributed by atoms with Crippen molar-refractivity contribution in [2.45, 2.75) is 51.9 Å². The van der Waals surface area contributed by atoms with Crippen molar-refractivity contribution >= 4 is 18.1 Å². The van der Waals surface area contributed by atoms with E-state index in [0.29, 0.717) is 11.5 Å². The van der Waals surface area contributed by atoms with Crippen molar-refractivity contribution < 1.29 is 14.3 Å². The summed E-state index contributed by atoms with van der Waals surface area (Å²) in [5.41, 5.74) is 2.05. The highest BCUT2D eigenvalue weighted by molar-refractivity contribution is 5.77. The van der Waals surface area contributed by atoms with Gasteiger partial charge in [0.1, 0.15) is 0 Å². The average molecular weight is 394 g/mol. The summed E-state index contributed by atoms with van der Waals surface area (Å²) in [5.74, 6) is 1.72. The van der Waals surface area contributed by atoms with Gasteiger partial charge >= 0.3 is 5.97 Å². The molecule has 1 aromatic carbocycles. The predicted molar refractivity (Wildman–Crippen MR) is 117 cm³/mol. The predicted octanol–water partition coefficient (Wildman–Crippen LogP) is 6.16.